The van der Waals surface area contributed by atoms with Gasteiger partial charge in [-0.15, -0.1) is 0 Å². The van der Waals surface area contributed by atoms with Crippen LogP contribution in [0.5, 0.6) is 0 Å². The van der Waals surface area contributed by atoms with Crippen molar-refractivity contribution in [1.82, 2.24) is 9.21 Å². The molecule has 0 aliphatic carbocycles. The predicted octanol–water partition coefficient (Wildman–Crippen LogP) is 1.69. The second kappa shape index (κ2) is 5.35. The number of aryl methyl sites for hydroxylation is 2. The molecule has 2 saturated heterocycles. The van der Waals surface area contributed by atoms with Gasteiger partial charge in [0, 0.05) is 19.1 Å². The first-order valence-electron chi connectivity index (χ1n) is 7.71. The average molecular weight is 322 g/mol. The number of sulfonamides is 1. The standard InChI is InChI=1S/C16H22N2O3S/c1-11-7-12(2)9-15(8-11)22(20,21)18-10-14-5-4-6-17(14)16(19)13(18)3/h7-9,13-14H,4-6,10H2,1-3H3. The number of carbonyl (C=O) groups excluding carboxylic acids is 1. The molecular weight excluding hydrogens is 300 g/mol. The molecule has 0 bridgehead atoms. The van der Waals surface area contributed by atoms with Crippen LogP contribution in [0.15, 0.2) is 23.1 Å². The third kappa shape index (κ3) is 2.44. The second-order valence-electron chi connectivity index (χ2n) is 6.40. The Morgan fingerprint density at radius 3 is 2.41 bits per heavy atom. The first-order chi connectivity index (χ1) is 10.3. The quantitative estimate of drug-likeness (QED) is 0.832. The Morgan fingerprint density at radius 2 is 1.77 bits per heavy atom. The summed E-state index contributed by atoms with van der Waals surface area (Å²) in [4.78, 5) is 14.6. The first kappa shape index (κ1) is 15.5. The van der Waals surface area contributed by atoms with Crippen molar-refractivity contribution in [2.24, 2.45) is 0 Å². The summed E-state index contributed by atoms with van der Waals surface area (Å²) in [6.07, 6.45) is 1.85. The zero-order valence-corrected chi connectivity index (χ0v) is 14.1. The molecule has 2 heterocycles. The minimum Gasteiger partial charge on any atom is -0.337 e. The van der Waals surface area contributed by atoms with E-state index < -0.39 is 16.1 Å². The van der Waals surface area contributed by atoms with E-state index in [2.05, 4.69) is 0 Å². The molecule has 0 spiro atoms. The lowest BCUT2D eigenvalue weighted by molar-refractivity contribution is -0.139. The molecule has 2 unspecified atom stereocenters. The van der Waals surface area contributed by atoms with Crippen molar-refractivity contribution in [2.75, 3.05) is 13.1 Å². The molecule has 2 aliphatic heterocycles. The van der Waals surface area contributed by atoms with Gasteiger partial charge in [0.05, 0.1) is 4.90 Å². The van der Waals surface area contributed by atoms with Gasteiger partial charge >= 0.3 is 0 Å². The summed E-state index contributed by atoms with van der Waals surface area (Å²) in [7, 11) is -3.64. The monoisotopic (exact) mass is 322 g/mol. The van der Waals surface area contributed by atoms with Crippen LogP contribution in [0.4, 0.5) is 0 Å². The Kier molecular flexibility index (Phi) is 3.77. The van der Waals surface area contributed by atoms with Crippen LogP contribution in [0.2, 0.25) is 0 Å². The van der Waals surface area contributed by atoms with Crippen LogP contribution in [-0.4, -0.2) is 48.7 Å². The van der Waals surface area contributed by atoms with Gasteiger partial charge in [-0.2, -0.15) is 4.31 Å². The van der Waals surface area contributed by atoms with Gasteiger partial charge in [-0.05, 0) is 56.9 Å². The zero-order chi connectivity index (χ0) is 16.1. The van der Waals surface area contributed by atoms with E-state index in [0.717, 1.165) is 30.5 Å². The molecule has 1 aromatic carbocycles. The Balaban J connectivity index is 1.99. The number of piperazine rings is 1. The highest BCUT2D eigenvalue weighted by Crippen LogP contribution is 2.30. The van der Waals surface area contributed by atoms with Crippen molar-refractivity contribution < 1.29 is 13.2 Å². The molecule has 0 saturated carbocycles. The van der Waals surface area contributed by atoms with Crippen LogP contribution in [0.25, 0.3) is 0 Å². The molecule has 5 nitrogen and oxygen atoms in total. The zero-order valence-electron chi connectivity index (χ0n) is 13.2. The van der Waals surface area contributed by atoms with Crippen LogP contribution in [0.1, 0.15) is 30.9 Å². The molecule has 0 aromatic heterocycles. The number of fused-ring (bicyclic) bond motifs is 1. The lowest BCUT2D eigenvalue weighted by Gasteiger charge is -2.40. The fourth-order valence-electron chi connectivity index (χ4n) is 3.57. The van der Waals surface area contributed by atoms with Gasteiger partial charge in [0.15, 0.2) is 0 Å². The van der Waals surface area contributed by atoms with E-state index in [9.17, 15) is 13.2 Å². The van der Waals surface area contributed by atoms with Crippen LogP contribution in [-0.2, 0) is 14.8 Å². The number of benzene rings is 1. The van der Waals surface area contributed by atoms with Gasteiger partial charge in [0.1, 0.15) is 6.04 Å². The largest absolute Gasteiger partial charge is 0.337 e. The van der Waals surface area contributed by atoms with Gasteiger partial charge in [-0.1, -0.05) is 6.07 Å². The average Bonchev–Trinajstić information content (AvgIpc) is 2.90. The second-order valence-corrected chi connectivity index (χ2v) is 8.29. The summed E-state index contributed by atoms with van der Waals surface area (Å²) in [5.74, 6) is -0.0679. The van der Waals surface area contributed by atoms with Crippen molar-refractivity contribution in [3.63, 3.8) is 0 Å². The SMILES string of the molecule is Cc1cc(C)cc(S(=O)(=O)N2CC3CCCN3C(=O)C2C)c1. The highest BCUT2D eigenvalue weighted by molar-refractivity contribution is 7.89. The van der Waals surface area contributed by atoms with Crippen molar-refractivity contribution in [3.8, 4) is 0 Å². The van der Waals surface area contributed by atoms with E-state index in [1.54, 1.807) is 19.1 Å². The molecule has 0 radical (unpaired) electrons. The Morgan fingerprint density at radius 1 is 1.14 bits per heavy atom. The minimum absolute atomic E-state index is 0.0318. The number of amides is 1. The summed E-state index contributed by atoms with van der Waals surface area (Å²) in [5, 5.41) is 0. The highest BCUT2D eigenvalue weighted by atomic mass is 32.2. The molecule has 2 fully saturated rings. The molecule has 2 atom stereocenters. The van der Waals surface area contributed by atoms with E-state index in [1.165, 1.54) is 4.31 Å². The molecular formula is C16H22N2O3S. The lowest BCUT2D eigenvalue weighted by atomic mass is 10.1. The topological polar surface area (TPSA) is 57.7 Å². The number of hydrogen-bond acceptors (Lipinski definition) is 3. The van der Waals surface area contributed by atoms with Gasteiger partial charge in [-0.25, -0.2) is 8.42 Å². The summed E-state index contributed by atoms with van der Waals surface area (Å²) in [5.41, 5.74) is 1.83. The summed E-state index contributed by atoms with van der Waals surface area (Å²) in [6.45, 7) is 6.62. The van der Waals surface area contributed by atoms with Gasteiger partial charge < -0.3 is 4.90 Å². The fourth-order valence-corrected chi connectivity index (χ4v) is 5.38. The maximum absolute atomic E-state index is 13.0. The van der Waals surface area contributed by atoms with Gasteiger partial charge in [0.2, 0.25) is 15.9 Å². The molecule has 22 heavy (non-hydrogen) atoms. The van der Waals surface area contributed by atoms with Crippen molar-refractivity contribution in [1.29, 1.82) is 0 Å². The van der Waals surface area contributed by atoms with E-state index in [1.807, 2.05) is 24.8 Å². The van der Waals surface area contributed by atoms with Crippen molar-refractivity contribution in [2.45, 2.75) is 50.6 Å². The first-order valence-corrected chi connectivity index (χ1v) is 9.15. The van der Waals surface area contributed by atoms with E-state index in [-0.39, 0.29) is 16.8 Å². The summed E-state index contributed by atoms with van der Waals surface area (Å²) >= 11 is 0. The minimum atomic E-state index is -3.64. The van der Waals surface area contributed by atoms with E-state index in [0.29, 0.717) is 6.54 Å². The lowest BCUT2D eigenvalue weighted by Crippen LogP contribution is -2.59. The predicted molar refractivity (Wildman–Crippen MR) is 84.0 cm³/mol. The van der Waals surface area contributed by atoms with Gasteiger partial charge in [-0.3, -0.25) is 4.79 Å². The molecule has 1 aromatic rings. The third-order valence-corrected chi connectivity index (χ3v) is 6.56. The Labute approximate surface area is 132 Å². The number of nitrogens with zero attached hydrogens (tertiary/aromatic N) is 2. The normalized spacial score (nSPS) is 26.3. The summed E-state index contributed by atoms with van der Waals surface area (Å²) in [6, 6.07) is 4.72. The van der Waals surface area contributed by atoms with Crippen LogP contribution in [0.3, 0.4) is 0 Å². The smallest absolute Gasteiger partial charge is 0.243 e. The molecule has 2 aliphatic rings. The Bertz CT molecular complexity index is 694. The van der Waals surface area contributed by atoms with Crippen molar-refractivity contribution >= 4 is 15.9 Å². The summed E-state index contributed by atoms with van der Waals surface area (Å²) < 4.78 is 27.4. The molecule has 120 valence electrons. The molecule has 6 heteroatoms. The molecule has 0 N–H and O–H groups in total. The number of carbonyl (C=O) groups is 1. The van der Waals surface area contributed by atoms with Crippen molar-refractivity contribution in [3.05, 3.63) is 29.3 Å². The van der Waals surface area contributed by atoms with Crippen LogP contribution >= 0.6 is 0 Å². The van der Waals surface area contributed by atoms with Crippen LogP contribution < -0.4 is 0 Å². The van der Waals surface area contributed by atoms with Crippen LogP contribution in [0, 0.1) is 13.8 Å². The number of hydrogen-bond donors (Lipinski definition) is 0. The highest BCUT2D eigenvalue weighted by Gasteiger charge is 2.45. The van der Waals surface area contributed by atoms with Gasteiger partial charge in [0.25, 0.3) is 0 Å². The molecule has 1 amide bonds. The van der Waals surface area contributed by atoms with E-state index >= 15 is 0 Å². The van der Waals surface area contributed by atoms with E-state index in [4.69, 9.17) is 0 Å². The maximum Gasteiger partial charge on any atom is 0.243 e. The fraction of sp³-hybridized carbons (Fsp3) is 0.562. The Hall–Kier alpha value is -1.40. The third-order valence-electron chi connectivity index (χ3n) is 4.64. The maximum atomic E-state index is 13.0. The number of rotatable bonds is 2. The molecule has 3 rings (SSSR count).